The Bertz CT molecular complexity index is 1340. The first-order valence-electron chi connectivity index (χ1n) is 11.5. The van der Waals surface area contributed by atoms with Gasteiger partial charge in [0.1, 0.15) is 23.0 Å². The van der Waals surface area contributed by atoms with E-state index in [-0.39, 0.29) is 11.5 Å². The summed E-state index contributed by atoms with van der Waals surface area (Å²) in [6.07, 6.45) is 0.637. The summed E-state index contributed by atoms with van der Waals surface area (Å²) in [5.74, 6) is 1.70. The van der Waals surface area contributed by atoms with Crippen LogP contribution in [-0.4, -0.2) is 23.4 Å². The molecular weight excluding hydrogens is 732 g/mol. The molecule has 0 heterocycles. The van der Waals surface area contributed by atoms with Crippen LogP contribution in [0.4, 0.5) is 0 Å². The second-order valence-corrected chi connectivity index (χ2v) is 12.2. The van der Waals surface area contributed by atoms with Gasteiger partial charge >= 0.3 is 0 Å². The molecule has 0 atom stereocenters. The highest BCUT2D eigenvalue weighted by Gasteiger charge is 2.16. The van der Waals surface area contributed by atoms with Gasteiger partial charge in [-0.05, 0) is 117 Å². The van der Waals surface area contributed by atoms with E-state index in [1.54, 1.807) is 0 Å². The van der Waals surface area contributed by atoms with Gasteiger partial charge in [-0.15, -0.1) is 0 Å². The molecule has 0 aliphatic rings. The lowest BCUT2D eigenvalue weighted by Crippen LogP contribution is -2.06. The summed E-state index contributed by atoms with van der Waals surface area (Å²) in [5.41, 5.74) is 5.04. The Labute approximate surface area is 250 Å². The zero-order valence-electron chi connectivity index (χ0n) is 20.1. The monoisotopic (exact) mass is 752 g/mol. The molecule has 0 aliphatic carbocycles. The minimum absolute atomic E-state index is 0.172. The number of halogens is 4. The summed E-state index contributed by atoms with van der Waals surface area (Å²) in [5, 5.41) is 21.3. The van der Waals surface area contributed by atoms with Crippen LogP contribution in [0, 0.1) is 13.8 Å². The lowest BCUT2D eigenvalue weighted by atomic mass is 10.0. The topological polar surface area (TPSA) is 58.9 Å². The smallest absolute Gasteiger partial charge is 0.137 e. The molecule has 4 aromatic carbocycles. The Morgan fingerprint density at radius 2 is 0.973 bits per heavy atom. The quantitative estimate of drug-likeness (QED) is 0.176. The summed E-state index contributed by atoms with van der Waals surface area (Å²) in [6, 6.07) is 19.1. The van der Waals surface area contributed by atoms with E-state index in [0.717, 1.165) is 31.2 Å². The van der Waals surface area contributed by atoms with E-state index in [2.05, 4.69) is 63.7 Å². The molecular formula is C29H24Br4O4. The summed E-state index contributed by atoms with van der Waals surface area (Å²) >= 11 is 13.9. The van der Waals surface area contributed by atoms with Gasteiger partial charge in [-0.25, -0.2) is 0 Å². The van der Waals surface area contributed by atoms with Gasteiger partial charge in [0.05, 0.1) is 22.2 Å². The number of aryl methyl sites for hydroxylation is 2. The molecule has 0 spiro atoms. The Hall–Kier alpha value is -2.00. The number of hydrogen-bond acceptors (Lipinski definition) is 4. The van der Waals surface area contributed by atoms with Gasteiger partial charge in [-0.3, -0.25) is 0 Å². The molecule has 0 unspecified atom stereocenters. The standard InChI is InChI=1S/C29H24Br4O4/c1-16-10-22(28(34)24(32)12-16)20-14-18(30)4-6-26(20)36-8-3-9-37-27-7-5-19(31)15-21(27)23-11-17(2)13-25(33)29(23)35/h4-7,10-15,34-35H,3,8-9H2,1-2H3. The van der Waals surface area contributed by atoms with Crippen molar-refractivity contribution in [1.82, 2.24) is 0 Å². The lowest BCUT2D eigenvalue weighted by molar-refractivity contribution is 0.248. The molecule has 37 heavy (non-hydrogen) atoms. The number of aromatic hydroxyl groups is 2. The van der Waals surface area contributed by atoms with Gasteiger partial charge in [0, 0.05) is 37.6 Å². The largest absolute Gasteiger partial charge is 0.506 e. The minimum atomic E-state index is 0.172. The Morgan fingerprint density at radius 1 is 0.568 bits per heavy atom. The van der Waals surface area contributed by atoms with Crippen molar-refractivity contribution in [2.45, 2.75) is 20.3 Å². The fourth-order valence-electron chi connectivity index (χ4n) is 3.98. The molecule has 192 valence electrons. The van der Waals surface area contributed by atoms with Crippen molar-refractivity contribution in [3.63, 3.8) is 0 Å². The van der Waals surface area contributed by atoms with Crippen molar-refractivity contribution < 1.29 is 19.7 Å². The number of phenolic OH excluding ortho intramolecular Hbond substituents is 2. The Kier molecular flexibility index (Phi) is 9.27. The van der Waals surface area contributed by atoms with Crippen molar-refractivity contribution in [3.8, 4) is 45.3 Å². The fourth-order valence-corrected chi connectivity index (χ4v) is 5.85. The average molecular weight is 756 g/mol. The molecule has 4 nitrogen and oxygen atoms in total. The highest BCUT2D eigenvalue weighted by molar-refractivity contribution is 9.11. The Balaban J connectivity index is 1.47. The van der Waals surface area contributed by atoms with Crippen molar-refractivity contribution in [2.24, 2.45) is 0 Å². The molecule has 4 rings (SSSR count). The van der Waals surface area contributed by atoms with Crippen molar-refractivity contribution in [1.29, 1.82) is 0 Å². The van der Waals surface area contributed by atoms with Crippen LogP contribution in [0.25, 0.3) is 22.3 Å². The summed E-state index contributed by atoms with van der Waals surface area (Å²) < 4.78 is 15.3. The van der Waals surface area contributed by atoms with Crippen LogP contribution < -0.4 is 9.47 Å². The molecule has 0 fully saturated rings. The average Bonchev–Trinajstić information content (AvgIpc) is 2.85. The highest BCUT2D eigenvalue weighted by atomic mass is 79.9. The zero-order valence-corrected chi connectivity index (χ0v) is 26.5. The third-order valence-corrected chi connectivity index (χ3v) is 7.88. The van der Waals surface area contributed by atoms with Crippen LogP contribution in [0.2, 0.25) is 0 Å². The number of benzene rings is 4. The maximum Gasteiger partial charge on any atom is 0.137 e. The normalized spacial score (nSPS) is 11.0. The molecule has 0 radical (unpaired) electrons. The van der Waals surface area contributed by atoms with Crippen LogP contribution in [-0.2, 0) is 0 Å². The Morgan fingerprint density at radius 3 is 1.38 bits per heavy atom. The first-order chi connectivity index (χ1) is 17.6. The number of hydrogen-bond donors (Lipinski definition) is 2. The summed E-state index contributed by atoms with van der Waals surface area (Å²) in [6.45, 7) is 4.81. The van der Waals surface area contributed by atoms with Gasteiger partial charge in [-0.2, -0.15) is 0 Å². The first-order valence-corrected chi connectivity index (χ1v) is 14.6. The van der Waals surface area contributed by atoms with Crippen LogP contribution in [0.3, 0.4) is 0 Å². The van der Waals surface area contributed by atoms with Gasteiger partial charge < -0.3 is 19.7 Å². The van der Waals surface area contributed by atoms with Crippen LogP contribution in [0.5, 0.6) is 23.0 Å². The van der Waals surface area contributed by atoms with E-state index in [1.807, 2.05) is 74.5 Å². The van der Waals surface area contributed by atoms with E-state index < -0.39 is 0 Å². The summed E-state index contributed by atoms with van der Waals surface area (Å²) in [4.78, 5) is 0. The maximum absolute atomic E-state index is 10.7. The third-order valence-electron chi connectivity index (χ3n) is 5.68. The van der Waals surface area contributed by atoms with E-state index in [1.165, 1.54) is 0 Å². The van der Waals surface area contributed by atoms with Crippen LogP contribution in [0.15, 0.2) is 78.6 Å². The lowest BCUT2D eigenvalue weighted by Gasteiger charge is -2.16. The molecule has 0 aromatic heterocycles. The van der Waals surface area contributed by atoms with Gasteiger partial charge in [-0.1, -0.05) is 31.9 Å². The third kappa shape index (κ3) is 6.72. The fraction of sp³-hybridized carbons (Fsp3) is 0.172. The molecule has 2 N–H and O–H groups in total. The van der Waals surface area contributed by atoms with E-state index in [9.17, 15) is 10.2 Å². The molecule has 0 saturated heterocycles. The van der Waals surface area contributed by atoms with E-state index >= 15 is 0 Å². The van der Waals surface area contributed by atoms with Crippen molar-refractivity contribution in [2.75, 3.05) is 13.2 Å². The SMILES string of the molecule is Cc1cc(Br)c(O)c(-c2cc(Br)ccc2OCCCOc2ccc(Br)cc2-c2cc(C)cc(Br)c2O)c1. The molecule has 8 heteroatoms. The molecule has 0 saturated carbocycles. The number of phenols is 2. The molecule has 0 aliphatic heterocycles. The van der Waals surface area contributed by atoms with Gasteiger partial charge in [0.2, 0.25) is 0 Å². The first kappa shape index (κ1) is 28.0. The van der Waals surface area contributed by atoms with Crippen LogP contribution >= 0.6 is 63.7 Å². The van der Waals surface area contributed by atoms with Crippen LogP contribution in [0.1, 0.15) is 17.5 Å². The minimum Gasteiger partial charge on any atom is -0.506 e. The molecule has 4 aromatic rings. The number of rotatable bonds is 8. The van der Waals surface area contributed by atoms with Crippen molar-refractivity contribution >= 4 is 63.7 Å². The second kappa shape index (κ2) is 12.2. The van der Waals surface area contributed by atoms with Gasteiger partial charge in [0.15, 0.2) is 0 Å². The second-order valence-electron chi connectivity index (χ2n) is 8.62. The summed E-state index contributed by atoms with van der Waals surface area (Å²) in [7, 11) is 0. The number of ether oxygens (including phenoxy) is 2. The molecule has 0 amide bonds. The zero-order chi connectivity index (χ0) is 26.7. The van der Waals surface area contributed by atoms with Gasteiger partial charge in [0.25, 0.3) is 0 Å². The molecule has 0 bridgehead atoms. The van der Waals surface area contributed by atoms with E-state index in [0.29, 0.717) is 51.2 Å². The predicted octanol–water partition coefficient (Wildman–Crippen LogP) is 9.95. The van der Waals surface area contributed by atoms with E-state index in [4.69, 9.17) is 9.47 Å². The predicted molar refractivity (Wildman–Crippen MR) is 163 cm³/mol. The highest BCUT2D eigenvalue weighted by Crippen LogP contribution is 2.43. The van der Waals surface area contributed by atoms with Crippen molar-refractivity contribution in [3.05, 3.63) is 89.7 Å². The maximum atomic E-state index is 10.7.